The number of hydrogen-bond donors (Lipinski definition) is 1. The Kier molecular flexibility index (Phi) is 4.73. The summed E-state index contributed by atoms with van der Waals surface area (Å²) in [7, 11) is 0. The summed E-state index contributed by atoms with van der Waals surface area (Å²) in [5.41, 5.74) is 0.984. The number of benzene rings is 1. The van der Waals surface area contributed by atoms with E-state index in [1.54, 1.807) is 0 Å². The fraction of sp³-hybridized carbons (Fsp3) is 0.533. The lowest BCUT2D eigenvalue weighted by Crippen LogP contribution is -2.40. The molecular weight excluding hydrogens is 210 g/mol. The quantitative estimate of drug-likeness (QED) is 0.831. The fourth-order valence-corrected chi connectivity index (χ4v) is 1.67. The first-order valence-corrected chi connectivity index (χ1v) is 6.27. The highest BCUT2D eigenvalue weighted by Gasteiger charge is 2.27. The summed E-state index contributed by atoms with van der Waals surface area (Å²) in [6.07, 6.45) is 1.81. The molecule has 0 heterocycles. The van der Waals surface area contributed by atoms with Crippen LogP contribution in [0.4, 0.5) is 0 Å². The van der Waals surface area contributed by atoms with Gasteiger partial charge in [0.25, 0.3) is 0 Å². The predicted molar refractivity (Wildman–Crippen MR) is 71.8 cm³/mol. The normalized spacial score (nSPS) is 11.6. The van der Waals surface area contributed by atoms with E-state index in [9.17, 15) is 4.79 Å². The highest BCUT2D eigenvalue weighted by atomic mass is 16.2. The Labute approximate surface area is 104 Å². The molecule has 1 aromatic rings. The van der Waals surface area contributed by atoms with Gasteiger partial charge in [-0.25, -0.2) is 0 Å². The summed E-state index contributed by atoms with van der Waals surface area (Å²) < 4.78 is 0. The fourth-order valence-electron chi connectivity index (χ4n) is 1.67. The van der Waals surface area contributed by atoms with Gasteiger partial charge in [-0.05, 0) is 32.3 Å². The molecule has 1 amide bonds. The maximum Gasteiger partial charge on any atom is 0.225 e. The van der Waals surface area contributed by atoms with Crippen LogP contribution in [0, 0.1) is 5.41 Å². The highest BCUT2D eigenvalue weighted by Crippen LogP contribution is 2.23. The van der Waals surface area contributed by atoms with E-state index in [0.717, 1.165) is 12.8 Å². The van der Waals surface area contributed by atoms with Crippen molar-refractivity contribution in [1.29, 1.82) is 0 Å². The summed E-state index contributed by atoms with van der Waals surface area (Å²) in [6, 6.07) is 10.5. The van der Waals surface area contributed by atoms with Crippen LogP contribution < -0.4 is 5.32 Å². The van der Waals surface area contributed by atoms with Crippen molar-refractivity contribution in [2.24, 2.45) is 5.41 Å². The molecule has 0 fully saturated rings. The summed E-state index contributed by atoms with van der Waals surface area (Å²) in [5, 5.41) is 2.98. The number of amides is 1. The number of carbonyl (C=O) groups is 1. The topological polar surface area (TPSA) is 29.1 Å². The van der Waals surface area contributed by atoms with Crippen molar-refractivity contribution in [1.82, 2.24) is 5.32 Å². The summed E-state index contributed by atoms with van der Waals surface area (Å²) >= 11 is 0. The van der Waals surface area contributed by atoms with Crippen LogP contribution in [0.5, 0.6) is 0 Å². The molecule has 1 rings (SSSR count). The molecule has 2 nitrogen and oxygen atoms in total. The van der Waals surface area contributed by atoms with E-state index in [2.05, 4.69) is 17.4 Å². The summed E-state index contributed by atoms with van der Waals surface area (Å²) in [4.78, 5) is 12.0. The van der Waals surface area contributed by atoms with E-state index in [4.69, 9.17) is 0 Å². The van der Waals surface area contributed by atoms with Crippen molar-refractivity contribution < 1.29 is 4.79 Å². The number of carbonyl (C=O) groups excluding carboxylic acids is 1. The Bertz CT molecular complexity index is 354. The van der Waals surface area contributed by atoms with Crippen molar-refractivity contribution in [3.63, 3.8) is 0 Å². The van der Waals surface area contributed by atoms with Crippen LogP contribution in [-0.4, -0.2) is 11.9 Å². The molecule has 17 heavy (non-hydrogen) atoms. The van der Waals surface area contributed by atoms with Gasteiger partial charge in [-0.3, -0.25) is 4.79 Å². The Morgan fingerprint density at radius 2 is 1.82 bits per heavy atom. The molecule has 2 heteroatoms. The standard InChI is InChI=1S/C15H23NO/c1-12(2)16-14(17)15(3,4)11-10-13-8-6-5-7-9-13/h5-9,12H,10-11H2,1-4H3,(H,16,17). The predicted octanol–water partition coefficient (Wildman–Crippen LogP) is 3.17. The molecule has 94 valence electrons. The highest BCUT2D eigenvalue weighted by molar-refractivity contribution is 5.81. The number of hydrogen-bond acceptors (Lipinski definition) is 1. The van der Waals surface area contributed by atoms with Crippen molar-refractivity contribution in [2.45, 2.75) is 46.6 Å². The first-order valence-electron chi connectivity index (χ1n) is 6.27. The monoisotopic (exact) mass is 233 g/mol. The molecule has 0 spiro atoms. The molecule has 1 N–H and O–H groups in total. The van der Waals surface area contributed by atoms with Gasteiger partial charge < -0.3 is 5.32 Å². The number of rotatable bonds is 5. The van der Waals surface area contributed by atoms with E-state index in [1.807, 2.05) is 45.9 Å². The number of aryl methyl sites for hydroxylation is 1. The van der Waals surface area contributed by atoms with Crippen LogP contribution in [0.3, 0.4) is 0 Å². The molecule has 0 saturated carbocycles. The van der Waals surface area contributed by atoms with Crippen LogP contribution in [-0.2, 0) is 11.2 Å². The van der Waals surface area contributed by atoms with Gasteiger partial charge in [0.15, 0.2) is 0 Å². The van der Waals surface area contributed by atoms with Crippen molar-refractivity contribution >= 4 is 5.91 Å². The molecule has 0 aliphatic heterocycles. The minimum atomic E-state index is -0.305. The lowest BCUT2D eigenvalue weighted by atomic mass is 9.85. The smallest absolute Gasteiger partial charge is 0.225 e. The van der Waals surface area contributed by atoms with Gasteiger partial charge in [0.1, 0.15) is 0 Å². The zero-order valence-electron chi connectivity index (χ0n) is 11.3. The Morgan fingerprint density at radius 1 is 1.24 bits per heavy atom. The average Bonchev–Trinajstić information content (AvgIpc) is 2.27. The first-order chi connectivity index (χ1) is 7.92. The average molecular weight is 233 g/mol. The Hall–Kier alpha value is -1.31. The van der Waals surface area contributed by atoms with Gasteiger partial charge in [-0.1, -0.05) is 44.2 Å². The van der Waals surface area contributed by atoms with Gasteiger partial charge in [0, 0.05) is 11.5 Å². The third-order valence-electron chi connectivity index (χ3n) is 2.92. The van der Waals surface area contributed by atoms with Gasteiger partial charge in [0.2, 0.25) is 5.91 Å². The lowest BCUT2D eigenvalue weighted by molar-refractivity contribution is -0.130. The minimum absolute atomic E-state index is 0.142. The summed E-state index contributed by atoms with van der Waals surface area (Å²) in [6.45, 7) is 8.00. The molecule has 0 radical (unpaired) electrons. The van der Waals surface area contributed by atoms with Gasteiger partial charge >= 0.3 is 0 Å². The molecule has 0 atom stereocenters. The third-order valence-corrected chi connectivity index (χ3v) is 2.92. The van der Waals surface area contributed by atoms with E-state index < -0.39 is 0 Å². The van der Waals surface area contributed by atoms with Gasteiger partial charge in [-0.15, -0.1) is 0 Å². The van der Waals surface area contributed by atoms with E-state index >= 15 is 0 Å². The minimum Gasteiger partial charge on any atom is -0.353 e. The zero-order valence-corrected chi connectivity index (χ0v) is 11.3. The van der Waals surface area contributed by atoms with Crippen molar-refractivity contribution in [3.8, 4) is 0 Å². The molecule has 0 saturated heterocycles. The van der Waals surface area contributed by atoms with Crippen molar-refractivity contribution in [2.75, 3.05) is 0 Å². The van der Waals surface area contributed by atoms with Gasteiger partial charge in [0.05, 0.1) is 0 Å². The second-order valence-corrected chi connectivity index (χ2v) is 5.50. The maximum atomic E-state index is 12.0. The first kappa shape index (κ1) is 13.8. The summed E-state index contributed by atoms with van der Waals surface area (Å²) in [5.74, 6) is 0.142. The molecular formula is C15H23NO. The molecule has 0 aromatic heterocycles. The van der Waals surface area contributed by atoms with Crippen LogP contribution in [0.2, 0.25) is 0 Å². The van der Waals surface area contributed by atoms with E-state index in [0.29, 0.717) is 0 Å². The van der Waals surface area contributed by atoms with Crippen LogP contribution >= 0.6 is 0 Å². The third kappa shape index (κ3) is 4.59. The lowest BCUT2D eigenvalue weighted by Gasteiger charge is -2.25. The molecule has 0 aliphatic rings. The van der Waals surface area contributed by atoms with Crippen LogP contribution in [0.25, 0.3) is 0 Å². The SMILES string of the molecule is CC(C)NC(=O)C(C)(C)CCc1ccccc1. The molecule has 0 aliphatic carbocycles. The van der Waals surface area contributed by atoms with Crippen LogP contribution in [0.1, 0.15) is 39.7 Å². The van der Waals surface area contributed by atoms with E-state index in [-0.39, 0.29) is 17.4 Å². The molecule has 0 bridgehead atoms. The zero-order chi connectivity index (χ0) is 12.9. The van der Waals surface area contributed by atoms with Crippen LogP contribution in [0.15, 0.2) is 30.3 Å². The molecule has 1 aromatic carbocycles. The maximum absolute atomic E-state index is 12.0. The van der Waals surface area contributed by atoms with Gasteiger partial charge in [-0.2, -0.15) is 0 Å². The Morgan fingerprint density at radius 3 is 2.35 bits per heavy atom. The largest absolute Gasteiger partial charge is 0.353 e. The molecule has 0 unspecified atom stereocenters. The number of nitrogens with one attached hydrogen (secondary N) is 1. The Balaban J connectivity index is 2.52. The van der Waals surface area contributed by atoms with E-state index in [1.165, 1.54) is 5.56 Å². The van der Waals surface area contributed by atoms with Crippen molar-refractivity contribution in [3.05, 3.63) is 35.9 Å². The second-order valence-electron chi connectivity index (χ2n) is 5.50. The second kappa shape index (κ2) is 5.85.